The molecule has 0 spiro atoms. The first-order chi connectivity index (χ1) is 7.94. The van der Waals surface area contributed by atoms with Crippen LogP contribution in [-0.2, 0) is 4.74 Å². The number of ether oxygens (including phenoxy) is 1. The number of piperidine rings is 1. The first kappa shape index (κ1) is 14.5. The molecular weight excluding hydrogens is 214 g/mol. The number of hydrogen-bond donors (Lipinski definition) is 1. The van der Waals surface area contributed by atoms with Crippen LogP contribution >= 0.6 is 0 Å². The molecule has 0 aromatic heterocycles. The van der Waals surface area contributed by atoms with E-state index in [1.54, 1.807) is 0 Å². The minimum Gasteiger partial charge on any atom is -0.389 e. The Labute approximate surface area is 105 Å². The smallest absolute Gasteiger partial charge is 0.122 e. The van der Waals surface area contributed by atoms with Crippen molar-refractivity contribution >= 4 is 0 Å². The Morgan fingerprint density at radius 1 is 1.53 bits per heavy atom. The van der Waals surface area contributed by atoms with Crippen molar-refractivity contribution in [2.45, 2.75) is 57.8 Å². The fourth-order valence-electron chi connectivity index (χ4n) is 2.10. The van der Waals surface area contributed by atoms with Crippen LogP contribution in [0.25, 0.3) is 0 Å². The van der Waals surface area contributed by atoms with Crippen LogP contribution in [0.1, 0.15) is 40.0 Å². The third-order valence-corrected chi connectivity index (χ3v) is 3.37. The Hall–Kier alpha value is -0.560. The number of rotatable bonds is 5. The summed E-state index contributed by atoms with van der Waals surface area (Å²) in [6.07, 6.45) is 8.63. The number of aliphatic hydroxyl groups is 1. The summed E-state index contributed by atoms with van der Waals surface area (Å²) in [5, 5.41) is 9.94. The van der Waals surface area contributed by atoms with E-state index in [0.29, 0.717) is 19.2 Å². The number of aliphatic hydroxyl groups excluding tert-OH is 1. The monoisotopic (exact) mass is 239 g/mol. The predicted octanol–water partition coefficient (Wildman–Crippen LogP) is 1.65. The third-order valence-electron chi connectivity index (χ3n) is 3.37. The van der Waals surface area contributed by atoms with E-state index in [9.17, 15) is 5.11 Å². The van der Waals surface area contributed by atoms with E-state index in [0.717, 1.165) is 6.54 Å². The molecule has 1 aliphatic heterocycles. The molecule has 0 aromatic carbocycles. The Morgan fingerprint density at radius 3 is 2.82 bits per heavy atom. The quantitative estimate of drug-likeness (QED) is 0.741. The maximum absolute atomic E-state index is 9.94. The second-order valence-electron chi connectivity index (χ2n) is 5.46. The summed E-state index contributed by atoms with van der Waals surface area (Å²) in [6.45, 7) is 7.96. The summed E-state index contributed by atoms with van der Waals surface area (Å²) in [5.41, 5.74) is -0.589. The molecule has 3 heteroatoms. The van der Waals surface area contributed by atoms with Crippen LogP contribution < -0.4 is 0 Å². The van der Waals surface area contributed by atoms with Gasteiger partial charge >= 0.3 is 0 Å². The van der Waals surface area contributed by atoms with Gasteiger partial charge in [-0.1, -0.05) is 12.3 Å². The highest BCUT2D eigenvalue weighted by molar-refractivity contribution is 5.02. The zero-order valence-electron chi connectivity index (χ0n) is 11.3. The lowest BCUT2D eigenvalue weighted by Crippen LogP contribution is -2.44. The van der Waals surface area contributed by atoms with Gasteiger partial charge in [-0.25, -0.2) is 0 Å². The normalized spacial score (nSPS) is 24.3. The largest absolute Gasteiger partial charge is 0.389 e. The highest BCUT2D eigenvalue weighted by Crippen LogP contribution is 2.17. The SMILES string of the molecule is C#CC(C)(C)OC[C@@H](O)CN1CCCC[C@@H]1C. The fourth-order valence-corrected chi connectivity index (χ4v) is 2.10. The zero-order valence-corrected chi connectivity index (χ0v) is 11.3. The van der Waals surface area contributed by atoms with Gasteiger partial charge in [-0.05, 0) is 40.2 Å². The first-order valence-electron chi connectivity index (χ1n) is 6.48. The molecule has 3 nitrogen and oxygen atoms in total. The second kappa shape index (κ2) is 6.39. The topological polar surface area (TPSA) is 32.7 Å². The number of terminal acetylenes is 1. The van der Waals surface area contributed by atoms with Gasteiger partial charge in [-0.3, -0.25) is 4.90 Å². The van der Waals surface area contributed by atoms with E-state index >= 15 is 0 Å². The van der Waals surface area contributed by atoms with Gasteiger partial charge in [0.05, 0.1) is 12.7 Å². The molecule has 0 aliphatic carbocycles. The minimum absolute atomic E-state index is 0.306. The molecule has 1 fully saturated rings. The van der Waals surface area contributed by atoms with Crippen LogP contribution in [-0.4, -0.2) is 47.4 Å². The predicted molar refractivity (Wildman–Crippen MR) is 69.8 cm³/mol. The van der Waals surface area contributed by atoms with Crippen molar-refractivity contribution in [3.8, 4) is 12.3 Å². The molecule has 17 heavy (non-hydrogen) atoms. The van der Waals surface area contributed by atoms with Crippen LogP contribution in [0.3, 0.4) is 0 Å². The van der Waals surface area contributed by atoms with Gasteiger partial charge in [0.15, 0.2) is 0 Å². The highest BCUT2D eigenvalue weighted by atomic mass is 16.5. The van der Waals surface area contributed by atoms with Crippen molar-refractivity contribution in [3.63, 3.8) is 0 Å². The molecule has 0 bridgehead atoms. The molecule has 0 unspecified atom stereocenters. The van der Waals surface area contributed by atoms with E-state index in [2.05, 4.69) is 17.7 Å². The average molecular weight is 239 g/mol. The second-order valence-corrected chi connectivity index (χ2v) is 5.46. The zero-order chi connectivity index (χ0) is 12.9. The van der Waals surface area contributed by atoms with Gasteiger partial charge in [0, 0.05) is 12.6 Å². The lowest BCUT2D eigenvalue weighted by Gasteiger charge is -2.35. The molecule has 1 saturated heterocycles. The van der Waals surface area contributed by atoms with Crippen molar-refractivity contribution in [3.05, 3.63) is 0 Å². The van der Waals surface area contributed by atoms with Crippen LogP contribution in [0.4, 0.5) is 0 Å². The van der Waals surface area contributed by atoms with E-state index < -0.39 is 11.7 Å². The lowest BCUT2D eigenvalue weighted by atomic mass is 10.0. The molecule has 1 rings (SSSR count). The van der Waals surface area contributed by atoms with Crippen molar-refractivity contribution in [1.29, 1.82) is 0 Å². The summed E-state index contributed by atoms with van der Waals surface area (Å²) >= 11 is 0. The van der Waals surface area contributed by atoms with Crippen molar-refractivity contribution in [2.75, 3.05) is 19.7 Å². The Kier molecular flexibility index (Phi) is 5.45. The molecule has 1 aliphatic rings. The Balaban J connectivity index is 2.29. The molecule has 0 amide bonds. The Morgan fingerprint density at radius 2 is 2.24 bits per heavy atom. The molecule has 1 heterocycles. The summed E-state index contributed by atoms with van der Waals surface area (Å²) < 4.78 is 5.50. The summed E-state index contributed by atoms with van der Waals surface area (Å²) in [6, 6.07) is 0.569. The number of hydrogen-bond acceptors (Lipinski definition) is 3. The first-order valence-corrected chi connectivity index (χ1v) is 6.48. The molecule has 0 radical (unpaired) electrons. The van der Waals surface area contributed by atoms with Crippen LogP contribution in [0.15, 0.2) is 0 Å². The van der Waals surface area contributed by atoms with Crippen molar-refractivity contribution < 1.29 is 9.84 Å². The van der Waals surface area contributed by atoms with Crippen molar-refractivity contribution in [1.82, 2.24) is 4.90 Å². The molecule has 0 saturated carbocycles. The van der Waals surface area contributed by atoms with Gasteiger partial charge in [-0.2, -0.15) is 0 Å². The summed E-state index contributed by atoms with van der Waals surface area (Å²) in [7, 11) is 0. The van der Waals surface area contributed by atoms with E-state index in [1.165, 1.54) is 19.3 Å². The maximum Gasteiger partial charge on any atom is 0.122 e. The molecule has 1 N–H and O–H groups in total. The van der Waals surface area contributed by atoms with E-state index in [4.69, 9.17) is 11.2 Å². The summed E-state index contributed by atoms with van der Waals surface area (Å²) in [4.78, 5) is 2.33. The molecule has 2 atom stereocenters. The van der Waals surface area contributed by atoms with Gasteiger partial charge in [0.25, 0.3) is 0 Å². The lowest BCUT2D eigenvalue weighted by molar-refractivity contribution is -0.0427. The average Bonchev–Trinajstić information content (AvgIpc) is 2.30. The standard InChI is InChI=1S/C14H25NO2/c1-5-14(3,4)17-11-13(16)10-15-9-7-6-8-12(15)2/h1,12-13,16H,6-11H2,2-4H3/t12-,13-/m0/s1. The maximum atomic E-state index is 9.94. The molecule has 0 aromatic rings. The molecular formula is C14H25NO2. The van der Waals surface area contributed by atoms with Crippen LogP contribution in [0, 0.1) is 12.3 Å². The van der Waals surface area contributed by atoms with Crippen LogP contribution in [0.5, 0.6) is 0 Å². The highest BCUT2D eigenvalue weighted by Gasteiger charge is 2.22. The number of β-amino-alcohol motifs (C(OH)–C–C–N with tert-alkyl or cyclic N) is 1. The van der Waals surface area contributed by atoms with Crippen molar-refractivity contribution in [2.24, 2.45) is 0 Å². The third kappa shape index (κ3) is 5.08. The van der Waals surface area contributed by atoms with E-state index in [1.807, 2.05) is 13.8 Å². The van der Waals surface area contributed by atoms with Crippen LogP contribution in [0.2, 0.25) is 0 Å². The van der Waals surface area contributed by atoms with Gasteiger partial charge in [0.1, 0.15) is 5.60 Å². The molecule has 98 valence electrons. The van der Waals surface area contributed by atoms with Gasteiger partial charge in [-0.15, -0.1) is 6.42 Å². The Bertz CT molecular complexity index is 270. The number of nitrogens with zero attached hydrogens (tertiary/aromatic N) is 1. The summed E-state index contributed by atoms with van der Waals surface area (Å²) in [5.74, 6) is 2.56. The van der Waals surface area contributed by atoms with Gasteiger partial charge in [0.2, 0.25) is 0 Å². The minimum atomic E-state index is -0.589. The fraction of sp³-hybridized carbons (Fsp3) is 0.857. The van der Waals surface area contributed by atoms with Gasteiger partial charge < -0.3 is 9.84 Å². The number of likely N-dealkylation sites (tertiary alicyclic amines) is 1. The van der Waals surface area contributed by atoms with E-state index in [-0.39, 0.29) is 0 Å².